The third kappa shape index (κ3) is 2.98. The van der Waals surface area contributed by atoms with Crippen LogP contribution in [0.2, 0.25) is 0 Å². The van der Waals surface area contributed by atoms with Gasteiger partial charge in [0.05, 0.1) is 31.6 Å². The van der Waals surface area contributed by atoms with Crippen LogP contribution in [-0.4, -0.2) is 24.3 Å². The monoisotopic (exact) mass is 251 g/mol. The number of nitrogens with zero attached hydrogens (tertiary/aromatic N) is 1. The van der Waals surface area contributed by atoms with Crippen LogP contribution >= 0.6 is 0 Å². The molecule has 2 rings (SSSR count). The SMILES string of the molecule is CCOc1cncc(C(NN)C2COC(C)C2)c1. The van der Waals surface area contributed by atoms with Gasteiger partial charge in [-0.2, -0.15) is 0 Å². The Hall–Kier alpha value is -1.17. The molecule has 18 heavy (non-hydrogen) atoms. The fourth-order valence-corrected chi connectivity index (χ4v) is 2.44. The molecule has 1 aromatic heterocycles. The molecule has 1 aliphatic rings. The third-order valence-corrected chi connectivity index (χ3v) is 3.28. The van der Waals surface area contributed by atoms with Gasteiger partial charge in [-0.1, -0.05) is 0 Å². The first-order chi connectivity index (χ1) is 8.74. The van der Waals surface area contributed by atoms with Crippen LogP contribution in [0, 0.1) is 5.92 Å². The Balaban J connectivity index is 2.13. The van der Waals surface area contributed by atoms with Gasteiger partial charge in [-0.05, 0) is 31.9 Å². The first-order valence-electron chi connectivity index (χ1n) is 6.40. The van der Waals surface area contributed by atoms with Gasteiger partial charge in [0, 0.05) is 12.1 Å². The van der Waals surface area contributed by atoms with Crippen molar-refractivity contribution in [1.82, 2.24) is 10.4 Å². The molecule has 5 heteroatoms. The largest absolute Gasteiger partial charge is 0.492 e. The summed E-state index contributed by atoms with van der Waals surface area (Å²) in [6, 6.07) is 2.05. The van der Waals surface area contributed by atoms with E-state index in [1.165, 1.54) is 0 Å². The molecule has 0 aliphatic carbocycles. The number of pyridine rings is 1. The Bertz CT molecular complexity index is 386. The molecule has 3 atom stereocenters. The maximum absolute atomic E-state index is 5.68. The van der Waals surface area contributed by atoms with Gasteiger partial charge < -0.3 is 9.47 Å². The molecule has 3 unspecified atom stereocenters. The molecular weight excluding hydrogens is 230 g/mol. The van der Waals surface area contributed by atoms with E-state index in [2.05, 4.69) is 17.3 Å². The Morgan fingerprint density at radius 1 is 1.61 bits per heavy atom. The molecule has 1 fully saturated rings. The number of hydrazine groups is 1. The van der Waals surface area contributed by atoms with Crippen molar-refractivity contribution in [2.75, 3.05) is 13.2 Å². The van der Waals surface area contributed by atoms with E-state index in [0.29, 0.717) is 18.6 Å². The highest BCUT2D eigenvalue weighted by molar-refractivity contribution is 5.26. The molecule has 3 N–H and O–H groups in total. The Kier molecular flexibility index (Phi) is 4.52. The van der Waals surface area contributed by atoms with Crippen molar-refractivity contribution in [3.63, 3.8) is 0 Å². The number of ether oxygens (including phenoxy) is 2. The lowest BCUT2D eigenvalue weighted by Crippen LogP contribution is -2.34. The van der Waals surface area contributed by atoms with E-state index in [4.69, 9.17) is 15.3 Å². The van der Waals surface area contributed by atoms with Crippen molar-refractivity contribution < 1.29 is 9.47 Å². The zero-order chi connectivity index (χ0) is 13.0. The molecule has 0 aromatic carbocycles. The maximum Gasteiger partial charge on any atom is 0.137 e. The van der Waals surface area contributed by atoms with Gasteiger partial charge in [0.2, 0.25) is 0 Å². The molecule has 5 nitrogen and oxygen atoms in total. The average molecular weight is 251 g/mol. The van der Waals surface area contributed by atoms with Crippen molar-refractivity contribution in [2.24, 2.45) is 11.8 Å². The second-order valence-electron chi connectivity index (χ2n) is 4.67. The van der Waals surface area contributed by atoms with Crippen LogP contribution in [-0.2, 0) is 4.74 Å². The third-order valence-electron chi connectivity index (χ3n) is 3.28. The van der Waals surface area contributed by atoms with Crippen molar-refractivity contribution in [2.45, 2.75) is 32.4 Å². The summed E-state index contributed by atoms with van der Waals surface area (Å²) >= 11 is 0. The van der Waals surface area contributed by atoms with E-state index in [1.807, 2.05) is 19.2 Å². The maximum atomic E-state index is 5.68. The standard InChI is InChI=1S/C13H21N3O2/c1-3-17-12-5-10(6-15-7-12)13(16-14)11-4-9(2)18-8-11/h5-7,9,11,13,16H,3-4,8,14H2,1-2H3. The summed E-state index contributed by atoms with van der Waals surface area (Å²) in [6.45, 7) is 5.41. The summed E-state index contributed by atoms with van der Waals surface area (Å²) < 4.78 is 11.1. The van der Waals surface area contributed by atoms with Crippen LogP contribution in [0.1, 0.15) is 31.9 Å². The fourth-order valence-electron chi connectivity index (χ4n) is 2.44. The summed E-state index contributed by atoms with van der Waals surface area (Å²) in [5.74, 6) is 6.84. The van der Waals surface area contributed by atoms with Gasteiger partial charge in [0.25, 0.3) is 0 Å². The molecular formula is C13H21N3O2. The van der Waals surface area contributed by atoms with Crippen LogP contribution in [0.5, 0.6) is 5.75 Å². The van der Waals surface area contributed by atoms with Crippen LogP contribution in [0.15, 0.2) is 18.5 Å². The normalized spacial score (nSPS) is 25.1. The fraction of sp³-hybridized carbons (Fsp3) is 0.615. The molecule has 1 saturated heterocycles. The van der Waals surface area contributed by atoms with E-state index in [-0.39, 0.29) is 6.04 Å². The van der Waals surface area contributed by atoms with Gasteiger partial charge in [-0.3, -0.25) is 16.3 Å². The summed E-state index contributed by atoms with van der Waals surface area (Å²) in [6.07, 6.45) is 4.85. The van der Waals surface area contributed by atoms with Crippen LogP contribution < -0.4 is 16.0 Å². The lowest BCUT2D eigenvalue weighted by Gasteiger charge is -2.22. The Labute approximate surface area is 108 Å². The number of hydrogen-bond donors (Lipinski definition) is 2. The highest BCUT2D eigenvalue weighted by atomic mass is 16.5. The first-order valence-corrected chi connectivity index (χ1v) is 6.40. The molecule has 2 heterocycles. The minimum absolute atomic E-state index is 0.0582. The predicted octanol–water partition coefficient (Wildman–Crippen LogP) is 1.41. The van der Waals surface area contributed by atoms with Gasteiger partial charge >= 0.3 is 0 Å². The van der Waals surface area contributed by atoms with E-state index < -0.39 is 0 Å². The van der Waals surface area contributed by atoms with Crippen LogP contribution in [0.25, 0.3) is 0 Å². The number of hydrogen-bond acceptors (Lipinski definition) is 5. The van der Waals surface area contributed by atoms with E-state index in [1.54, 1.807) is 6.20 Å². The average Bonchev–Trinajstić information content (AvgIpc) is 2.78. The lowest BCUT2D eigenvalue weighted by molar-refractivity contribution is 0.117. The topological polar surface area (TPSA) is 69.4 Å². The summed E-state index contributed by atoms with van der Waals surface area (Å²) in [5, 5.41) is 0. The van der Waals surface area contributed by atoms with E-state index in [0.717, 1.165) is 24.3 Å². The van der Waals surface area contributed by atoms with Gasteiger partial charge in [0.1, 0.15) is 5.75 Å². The van der Waals surface area contributed by atoms with Gasteiger partial charge in [-0.15, -0.1) is 0 Å². The smallest absolute Gasteiger partial charge is 0.137 e. The van der Waals surface area contributed by atoms with Crippen LogP contribution in [0.4, 0.5) is 0 Å². The zero-order valence-electron chi connectivity index (χ0n) is 10.9. The molecule has 0 radical (unpaired) electrons. The molecule has 100 valence electrons. The lowest BCUT2D eigenvalue weighted by atomic mass is 9.92. The number of nitrogens with one attached hydrogen (secondary N) is 1. The molecule has 1 aliphatic heterocycles. The quantitative estimate of drug-likeness (QED) is 0.611. The second kappa shape index (κ2) is 6.13. The summed E-state index contributed by atoms with van der Waals surface area (Å²) in [4.78, 5) is 4.20. The van der Waals surface area contributed by atoms with Crippen molar-refractivity contribution in [3.05, 3.63) is 24.0 Å². The second-order valence-corrected chi connectivity index (χ2v) is 4.67. The molecule has 0 spiro atoms. The van der Waals surface area contributed by atoms with Crippen molar-refractivity contribution in [3.8, 4) is 5.75 Å². The highest BCUT2D eigenvalue weighted by Crippen LogP contribution is 2.31. The van der Waals surface area contributed by atoms with Crippen molar-refractivity contribution in [1.29, 1.82) is 0 Å². The van der Waals surface area contributed by atoms with Crippen molar-refractivity contribution >= 4 is 0 Å². The van der Waals surface area contributed by atoms with E-state index >= 15 is 0 Å². The molecule has 0 amide bonds. The Morgan fingerprint density at radius 3 is 3.06 bits per heavy atom. The minimum Gasteiger partial charge on any atom is -0.492 e. The first kappa shape index (κ1) is 13.3. The number of aromatic nitrogens is 1. The van der Waals surface area contributed by atoms with Crippen LogP contribution in [0.3, 0.4) is 0 Å². The number of rotatable bonds is 5. The zero-order valence-corrected chi connectivity index (χ0v) is 10.9. The summed E-state index contributed by atoms with van der Waals surface area (Å²) in [7, 11) is 0. The predicted molar refractivity (Wildman–Crippen MR) is 69.0 cm³/mol. The number of nitrogens with two attached hydrogens (primary N) is 1. The Morgan fingerprint density at radius 2 is 2.44 bits per heavy atom. The van der Waals surface area contributed by atoms with E-state index in [9.17, 15) is 0 Å². The van der Waals surface area contributed by atoms with Gasteiger partial charge in [-0.25, -0.2) is 0 Å². The van der Waals surface area contributed by atoms with Gasteiger partial charge in [0.15, 0.2) is 0 Å². The molecule has 0 saturated carbocycles. The molecule has 1 aromatic rings. The highest BCUT2D eigenvalue weighted by Gasteiger charge is 2.30. The molecule has 0 bridgehead atoms. The summed E-state index contributed by atoms with van der Waals surface area (Å²) in [5.41, 5.74) is 3.92. The minimum atomic E-state index is 0.0582.